The van der Waals surface area contributed by atoms with Gasteiger partial charge in [0.1, 0.15) is 11.4 Å². The van der Waals surface area contributed by atoms with Crippen LogP contribution in [-0.2, 0) is 16.6 Å². The van der Waals surface area contributed by atoms with Crippen LogP contribution in [0.25, 0.3) is 0 Å². The summed E-state index contributed by atoms with van der Waals surface area (Å²) >= 11 is 0. The number of hydrogen-bond donors (Lipinski definition) is 4. The molecule has 1 aliphatic heterocycles. The fraction of sp³-hybridized carbons (Fsp3) is 0.409. The number of rotatable bonds is 6. The number of aromatic nitrogens is 1. The Labute approximate surface area is 191 Å². The van der Waals surface area contributed by atoms with Gasteiger partial charge in [0.2, 0.25) is 10.0 Å². The highest BCUT2D eigenvalue weighted by molar-refractivity contribution is 7.89. The molecule has 174 valence electrons. The lowest BCUT2D eigenvalue weighted by molar-refractivity contribution is 0.254. The summed E-state index contributed by atoms with van der Waals surface area (Å²) in [5.41, 5.74) is 7.47. The quantitative estimate of drug-likeness (QED) is 0.366. The number of pyridine rings is 1. The van der Waals surface area contributed by atoms with E-state index in [-0.39, 0.29) is 48.0 Å². The molecule has 0 amide bonds. The number of aliphatic imine (C=N–C) groups is 1. The maximum absolute atomic E-state index is 12.6. The molecule has 10 nitrogen and oxygen atoms in total. The summed E-state index contributed by atoms with van der Waals surface area (Å²) in [6.07, 6.45) is 5.16. The molecule has 0 spiro atoms. The van der Waals surface area contributed by atoms with Crippen LogP contribution in [0.5, 0.6) is 0 Å². The number of benzene rings is 1. The van der Waals surface area contributed by atoms with Gasteiger partial charge in [-0.05, 0) is 42.7 Å². The number of amidine groups is 1. The second-order valence-corrected chi connectivity index (χ2v) is 10.1. The van der Waals surface area contributed by atoms with Gasteiger partial charge >= 0.3 is 0 Å². The number of nitrogens with one attached hydrogen (secondary N) is 2. The van der Waals surface area contributed by atoms with Gasteiger partial charge in [-0.1, -0.05) is 12.8 Å². The van der Waals surface area contributed by atoms with Gasteiger partial charge in [-0.25, -0.2) is 13.4 Å². The average Bonchev–Trinajstić information content (AvgIpc) is 3.03. The number of anilines is 1. The van der Waals surface area contributed by atoms with E-state index in [0.29, 0.717) is 16.9 Å². The summed E-state index contributed by atoms with van der Waals surface area (Å²) in [6.45, 7) is -0.125. The highest BCUT2D eigenvalue weighted by Gasteiger charge is 2.34. The van der Waals surface area contributed by atoms with Gasteiger partial charge in [0, 0.05) is 25.3 Å². The smallest absolute Gasteiger partial charge is 0.261 e. The van der Waals surface area contributed by atoms with Crippen molar-refractivity contribution in [3.8, 4) is 6.07 Å². The predicted octanol–water partition coefficient (Wildman–Crippen LogP) is 1.40. The van der Waals surface area contributed by atoms with E-state index in [9.17, 15) is 18.5 Å². The number of nitrogens with two attached hydrogens (primary N) is 1. The molecule has 1 aromatic carbocycles. The van der Waals surface area contributed by atoms with Crippen molar-refractivity contribution in [1.82, 2.24) is 9.29 Å². The Morgan fingerprint density at radius 1 is 1.33 bits per heavy atom. The Hall–Kier alpha value is -3.20. The fourth-order valence-electron chi connectivity index (χ4n) is 4.44. The second kappa shape index (κ2) is 9.35. The molecule has 1 fully saturated rings. The Balaban J connectivity index is 1.65. The van der Waals surface area contributed by atoms with Gasteiger partial charge in [0.05, 0.1) is 34.9 Å². The van der Waals surface area contributed by atoms with Crippen molar-refractivity contribution in [2.75, 3.05) is 18.5 Å². The molecule has 0 radical (unpaired) electrons. The third-order valence-electron chi connectivity index (χ3n) is 6.10. The van der Waals surface area contributed by atoms with Gasteiger partial charge in [-0.3, -0.25) is 4.79 Å². The van der Waals surface area contributed by atoms with E-state index in [1.807, 2.05) is 0 Å². The molecular weight excluding hydrogens is 444 g/mol. The third kappa shape index (κ3) is 4.50. The summed E-state index contributed by atoms with van der Waals surface area (Å²) in [7, 11) is -3.64. The van der Waals surface area contributed by atoms with E-state index < -0.39 is 15.6 Å². The van der Waals surface area contributed by atoms with E-state index in [2.05, 4.69) is 21.4 Å². The number of sulfonamides is 1. The van der Waals surface area contributed by atoms with Gasteiger partial charge in [-0.2, -0.15) is 9.57 Å². The highest BCUT2D eigenvalue weighted by Crippen LogP contribution is 2.33. The minimum atomic E-state index is -3.64. The van der Waals surface area contributed by atoms with Crippen LogP contribution in [0.2, 0.25) is 0 Å². The zero-order valence-corrected chi connectivity index (χ0v) is 18.8. The SMILES string of the molecule is N#CC1CCCC[C@@H]1Nc1cc[nH]c(=O)c1C(N)=Nc1ccc2c(c1)CN(CCO)S2(=O)=O. The summed E-state index contributed by atoms with van der Waals surface area (Å²) in [5.74, 6) is -0.165. The van der Waals surface area contributed by atoms with Crippen LogP contribution in [0.1, 0.15) is 36.8 Å². The molecular formula is C22H26N6O4S. The number of H-pyrrole nitrogens is 1. The van der Waals surface area contributed by atoms with Crippen molar-refractivity contribution < 1.29 is 13.5 Å². The zero-order valence-electron chi connectivity index (χ0n) is 18.0. The summed E-state index contributed by atoms with van der Waals surface area (Å²) in [5, 5.41) is 21.9. The predicted molar refractivity (Wildman–Crippen MR) is 124 cm³/mol. The molecule has 1 aromatic heterocycles. The Morgan fingerprint density at radius 2 is 2.12 bits per heavy atom. The van der Waals surface area contributed by atoms with Crippen LogP contribution in [0.3, 0.4) is 0 Å². The standard InChI is InChI=1S/C22H26N6O4S/c23-12-14-3-1-2-4-17(14)27-18-7-8-25-22(30)20(18)21(24)26-16-5-6-19-15(11-16)13-28(9-10-29)33(19,31)32/h5-8,11,14,17,29H,1-4,9-10,13H2,(H2,24,26)(H2,25,27,30)/t14?,17-/m0/s1. The van der Waals surface area contributed by atoms with Crippen molar-refractivity contribution in [3.63, 3.8) is 0 Å². The van der Waals surface area contributed by atoms with Crippen LogP contribution in [0, 0.1) is 17.2 Å². The zero-order chi connectivity index (χ0) is 23.6. The van der Waals surface area contributed by atoms with Crippen molar-refractivity contribution in [2.45, 2.75) is 43.2 Å². The monoisotopic (exact) mass is 470 g/mol. The van der Waals surface area contributed by atoms with Crippen LogP contribution in [0.15, 0.2) is 45.1 Å². The Bertz CT molecular complexity index is 1280. The number of fused-ring (bicyclic) bond motifs is 1. The molecule has 2 atom stereocenters. The first-order valence-electron chi connectivity index (χ1n) is 10.8. The molecule has 1 saturated carbocycles. The molecule has 0 bridgehead atoms. The molecule has 0 saturated heterocycles. The minimum absolute atomic E-state index is 0.0109. The van der Waals surface area contributed by atoms with Gasteiger partial charge in [0.25, 0.3) is 5.56 Å². The largest absolute Gasteiger partial charge is 0.395 e. The molecule has 2 aromatic rings. The topological polar surface area (TPSA) is 165 Å². The lowest BCUT2D eigenvalue weighted by atomic mass is 9.85. The van der Waals surface area contributed by atoms with Crippen LogP contribution >= 0.6 is 0 Å². The van der Waals surface area contributed by atoms with E-state index in [1.165, 1.54) is 22.6 Å². The van der Waals surface area contributed by atoms with E-state index in [0.717, 1.165) is 25.7 Å². The van der Waals surface area contributed by atoms with Crippen LogP contribution in [-0.4, -0.2) is 47.8 Å². The maximum Gasteiger partial charge on any atom is 0.261 e. The molecule has 4 rings (SSSR count). The third-order valence-corrected chi connectivity index (χ3v) is 8.04. The molecule has 2 heterocycles. The molecule has 1 unspecified atom stereocenters. The van der Waals surface area contributed by atoms with E-state index in [1.54, 1.807) is 12.1 Å². The van der Waals surface area contributed by atoms with Crippen LogP contribution in [0.4, 0.5) is 11.4 Å². The van der Waals surface area contributed by atoms with Crippen molar-refractivity contribution >= 4 is 27.2 Å². The van der Waals surface area contributed by atoms with Gasteiger partial charge < -0.3 is 21.1 Å². The first-order chi connectivity index (χ1) is 15.8. The number of aliphatic hydroxyl groups excluding tert-OH is 1. The Kier molecular flexibility index (Phi) is 6.51. The highest BCUT2D eigenvalue weighted by atomic mass is 32.2. The van der Waals surface area contributed by atoms with Gasteiger partial charge in [-0.15, -0.1) is 0 Å². The molecule has 1 aliphatic carbocycles. The number of nitriles is 1. The fourth-order valence-corrected chi connectivity index (χ4v) is 6.05. The second-order valence-electron chi connectivity index (χ2n) is 8.22. The first-order valence-corrected chi connectivity index (χ1v) is 12.3. The number of aromatic amines is 1. The number of aliphatic hydroxyl groups is 1. The number of β-amino-alcohol motifs (C(OH)–C–C–N with tert-alkyl or cyclic N) is 1. The molecule has 11 heteroatoms. The normalized spacial score (nSPS) is 22.5. The lowest BCUT2D eigenvalue weighted by Gasteiger charge is -2.29. The lowest BCUT2D eigenvalue weighted by Crippen LogP contribution is -2.34. The van der Waals surface area contributed by atoms with Crippen molar-refractivity contribution in [3.05, 3.63) is 51.9 Å². The number of nitrogens with zero attached hydrogens (tertiary/aromatic N) is 3. The number of hydrogen-bond acceptors (Lipinski definition) is 7. The molecule has 5 N–H and O–H groups in total. The molecule has 33 heavy (non-hydrogen) atoms. The van der Waals surface area contributed by atoms with Crippen LogP contribution < -0.4 is 16.6 Å². The van der Waals surface area contributed by atoms with Crippen molar-refractivity contribution in [2.24, 2.45) is 16.6 Å². The first kappa shape index (κ1) is 23.0. The molecule has 2 aliphatic rings. The summed E-state index contributed by atoms with van der Waals surface area (Å²) < 4.78 is 26.3. The van der Waals surface area contributed by atoms with E-state index in [4.69, 9.17) is 10.8 Å². The van der Waals surface area contributed by atoms with Crippen molar-refractivity contribution in [1.29, 1.82) is 5.26 Å². The minimum Gasteiger partial charge on any atom is -0.395 e. The average molecular weight is 471 g/mol. The van der Waals surface area contributed by atoms with Gasteiger partial charge in [0.15, 0.2) is 0 Å². The maximum atomic E-state index is 12.6. The Morgan fingerprint density at radius 3 is 2.88 bits per heavy atom. The van der Waals surface area contributed by atoms with E-state index >= 15 is 0 Å². The summed E-state index contributed by atoms with van der Waals surface area (Å²) in [6, 6.07) is 8.57. The summed E-state index contributed by atoms with van der Waals surface area (Å²) in [4.78, 5) is 19.8.